The summed E-state index contributed by atoms with van der Waals surface area (Å²) in [5.41, 5.74) is 5.86. The van der Waals surface area contributed by atoms with Crippen LogP contribution in [0.1, 0.15) is 32.1 Å². The lowest BCUT2D eigenvalue weighted by Crippen LogP contribution is -2.46. The summed E-state index contributed by atoms with van der Waals surface area (Å²) in [4.78, 5) is 13.2. The Balaban J connectivity index is 0.00000264. The van der Waals surface area contributed by atoms with Crippen LogP contribution in [0, 0.1) is 5.92 Å². The van der Waals surface area contributed by atoms with Gasteiger partial charge in [0.25, 0.3) is 0 Å². The fourth-order valence-electron chi connectivity index (χ4n) is 2.98. The van der Waals surface area contributed by atoms with Crippen LogP contribution < -0.4 is 15.8 Å². The number of nitrogens with one attached hydrogen (secondary N) is 1. The highest BCUT2D eigenvalue weighted by atomic mass is 35.5. The lowest BCUT2D eigenvalue weighted by atomic mass is 9.84. The van der Waals surface area contributed by atoms with Crippen molar-refractivity contribution in [2.75, 3.05) is 19.4 Å². The number of ether oxygens (including phenoxy) is 1. The largest absolute Gasteiger partial charge is 0.497 e. The number of carbonyl (C=O) groups is 1. The highest BCUT2D eigenvalue weighted by Crippen LogP contribution is 2.26. The van der Waals surface area contributed by atoms with E-state index in [2.05, 4.69) is 5.32 Å². The van der Waals surface area contributed by atoms with Crippen LogP contribution >= 0.6 is 24.2 Å². The molecule has 23 heavy (non-hydrogen) atoms. The number of amides is 1. The van der Waals surface area contributed by atoms with Crippen LogP contribution in [-0.2, 0) is 4.79 Å². The second-order valence-corrected chi connectivity index (χ2v) is 6.82. The van der Waals surface area contributed by atoms with Gasteiger partial charge in [0, 0.05) is 17.5 Å². The van der Waals surface area contributed by atoms with E-state index >= 15 is 0 Å². The van der Waals surface area contributed by atoms with E-state index in [1.165, 1.54) is 43.9 Å². The lowest BCUT2D eigenvalue weighted by molar-refractivity contribution is -0.119. The molecule has 6 heteroatoms. The normalized spacial score (nSPS) is 16.3. The first kappa shape index (κ1) is 20.1. The number of hydrogen-bond donors (Lipinski definition) is 2. The zero-order chi connectivity index (χ0) is 15.8. The van der Waals surface area contributed by atoms with E-state index in [0.717, 1.165) is 10.6 Å². The second kappa shape index (κ2) is 10.8. The van der Waals surface area contributed by atoms with Crippen molar-refractivity contribution in [2.24, 2.45) is 11.7 Å². The second-order valence-electron chi connectivity index (χ2n) is 5.77. The molecular formula is C17H27ClN2O2S. The third kappa shape index (κ3) is 6.61. The minimum Gasteiger partial charge on any atom is -0.497 e. The van der Waals surface area contributed by atoms with Crippen molar-refractivity contribution >= 4 is 30.1 Å². The van der Waals surface area contributed by atoms with Crippen molar-refractivity contribution in [1.29, 1.82) is 0 Å². The molecule has 1 aliphatic rings. The molecule has 1 fully saturated rings. The van der Waals surface area contributed by atoms with E-state index in [1.807, 2.05) is 24.3 Å². The van der Waals surface area contributed by atoms with Crippen molar-refractivity contribution in [2.45, 2.75) is 43.0 Å². The molecule has 1 aromatic carbocycles. The Morgan fingerprint density at radius 1 is 1.30 bits per heavy atom. The number of benzene rings is 1. The average molecular weight is 359 g/mol. The van der Waals surface area contributed by atoms with Gasteiger partial charge in [0.1, 0.15) is 5.75 Å². The maximum absolute atomic E-state index is 12.1. The monoisotopic (exact) mass is 358 g/mol. The minimum atomic E-state index is 0. The highest BCUT2D eigenvalue weighted by Gasteiger charge is 2.23. The Hall–Kier alpha value is -0.910. The summed E-state index contributed by atoms with van der Waals surface area (Å²) >= 11 is 1.54. The molecule has 0 radical (unpaired) electrons. The Labute approximate surface area is 149 Å². The fraction of sp³-hybridized carbons (Fsp3) is 0.588. The lowest BCUT2D eigenvalue weighted by Gasteiger charge is -2.30. The Morgan fingerprint density at radius 3 is 2.52 bits per heavy atom. The molecule has 0 heterocycles. The highest BCUT2D eigenvalue weighted by molar-refractivity contribution is 8.00. The maximum Gasteiger partial charge on any atom is 0.230 e. The number of thioether (sulfide) groups is 1. The summed E-state index contributed by atoms with van der Waals surface area (Å²) in [5, 5.41) is 3.12. The molecule has 0 spiro atoms. The molecular weight excluding hydrogens is 332 g/mol. The van der Waals surface area contributed by atoms with Gasteiger partial charge in [-0.2, -0.15) is 0 Å². The Kier molecular flexibility index (Phi) is 9.44. The molecule has 0 aliphatic heterocycles. The number of methoxy groups -OCH3 is 1. The first-order chi connectivity index (χ1) is 10.7. The van der Waals surface area contributed by atoms with Crippen LogP contribution in [0.5, 0.6) is 5.75 Å². The molecule has 1 saturated carbocycles. The molecule has 0 aromatic heterocycles. The van der Waals surface area contributed by atoms with Crippen LogP contribution in [0.3, 0.4) is 0 Å². The SMILES string of the molecule is COc1ccc(SCC(=O)NC(CN)C2CCCCC2)cc1.Cl. The number of hydrogen-bond acceptors (Lipinski definition) is 4. The Bertz CT molecular complexity index is 464. The molecule has 1 unspecified atom stereocenters. The topological polar surface area (TPSA) is 64.3 Å². The van der Waals surface area contributed by atoms with E-state index in [1.54, 1.807) is 7.11 Å². The third-order valence-corrected chi connectivity index (χ3v) is 5.26. The number of carbonyl (C=O) groups excluding carboxylic acids is 1. The molecule has 130 valence electrons. The van der Waals surface area contributed by atoms with Crippen LogP contribution in [0.25, 0.3) is 0 Å². The van der Waals surface area contributed by atoms with Gasteiger partial charge in [-0.05, 0) is 43.0 Å². The van der Waals surface area contributed by atoms with E-state index in [9.17, 15) is 4.79 Å². The van der Waals surface area contributed by atoms with Crippen LogP contribution in [0.4, 0.5) is 0 Å². The van der Waals surface area contributed by atoms with Crippen LogP contribution in [-0.4, -0.2) is 31.4 Å². The third-order valence-electron chi connectivity index (χ3n) is 4.25. The minimum absolute atomic E-state index is 0. The van der Waals surface area contributed by atoms with Gasteiger partial charge >= 0.3 is 0 Å². The van der Waals surface area contributed by atoms with E-state index < -0.39 is 0 Å². The molecule has 4 nitrogen and oxygen atoms in total. The van der Waals surface area contributed by atoms with E-state index in [0.29, 0.717) is 18.2 Å². The summed E-state index contributed by atoms with van der Waals surface area (Å²) < 4.78 is 5.13. The molecule has 1 aromatic rings. The summed E-state index contributed by atoms with van der Waals surface area (Å²) in [6.45, 7) is 0.531. The predicted molar refractivity (Wildman–Crippen MR) is 98.5 cm³/mol. The van der Waals surface area contributed by atoms with Gasteiger partial charge in [0.15, 0.2) is 0 Å². The summed E-state index contributed by atoms with van der Waals surface area (Å²) in [6.07, 6.45) is 6.21. The van der Waals surface area contributed by atoms with E-state index in [4.69, 9.17) is 10.5 Å². The average Bonchev–Trinajstić information content (AvgIpc) is 2.59. The number of halogens is 1. The fourth-order valence-corrected chi connectivity index (χ4v) is 3.68. The van der Waals surface area contributed by atoms with Gasteiger partial charge in [-0.15, -0.1) is 24.2 Å². The first-order valence-corrected chi connectivity index (χ1v) is 8.97. The molecule has 0 bridgehead atoms. The van der Waals surface area contributed by atoms with Crippen molar-refractivity contribution in [3.63, 3.8) is 0 Å². The van der Waals surface area contributed by atoms with Gasteiger partial charge in [-0.3, -0.25) is 4.79 Å². The van der Waals surface area contributed by atoms with Gasteiger partial charge in [0.05, 0.1) is 12.9 Å². The van der Waals surface area contributed by atoms with Crippen LogP contribution in [0.2, 0.25) is 0 Å². The predicted octanol–water partition coefficient (Wildman–Crippen LogP) is 3.23. The molecule has 3 N–H and O–H groups in total. The number of rotatable bonds is 7. The maximum atomic E-state index is 12.1. The van der Waals surface area contributed by atoms with Crippen molar-refractivity contribution in [3.05, 3.63) is 24.3 Å². The molecule has 1 amide bonds. The molecule has 1 atom stereocenters. The van der Waals surface area contributed by atoms with Gasteiger partial charge < -0.3 is 15.8 Å². The van der Waals surface area contributed by atoms with E-state index in [-0.39, 0.29) is 24.4 Å². The van der Waals surface area contributed by atoms with Gasteiger partial charge in [0.2, 0.25) is 5.91 Å². The van der Waals surface area contributed by atoms with Gasteiger partial charge in [-0.25, -0.2) is 0 Å². The van der Waals surface area contributed by atoms with Crippen LogP contribution in [0.15, 0.2) is 29.2 Å². The molecule has 2 rings (SSSR count). The zero-order valence-corrected chi connectivity index (χ0v) is 15.3. The summed E-state index contributed by atoms with van der Waals surface area (Å²) in [7, 11) is 1.65. The van der Waals surface area contributed by atoms with Crippen molar-refractivity contribution < 1.29 is 9.53 Å². The smallest absolute Gasteiger partial charge is 0.230 e. The summed E-state index contributed by atoms with van der Waals surface area (Å²) in [5.74, 6) is 1.88. The van der Waals surface area contributed by atoms with Gasteiger partial charge in [-0.1, -0.05) is 19.3 Å². The Morgan fingerprint density at radius 2 is 1.96 bits per heavy atom. The standard InChI is InChI=1S/C17H26N2O2S.ClH/c1-21-14-7-9-15(10-8-14)22-12-17(20)19-16(11-18)13-5-3-2-4-6-13;/h7-10,13,16H,2-6,11-12,18H2,1H3,(H,19,20);1H. The zero-order valence-electron chi connectivity index (χ0n) is 13.6. The quantitative estimate of drug-likeness (QED) is 0.734. The molecule has 0 saturated heterocycles. The first-order valence-electron chi connectivity index (χ1n) is 7.99. The van der Waals surface area contributed by atoms with Crippen molar-refractivity contribution in [3.8, 4) is 5.75 Å². The van der Waals surface area contributed by atoms with Crippen molar-refractivity contribution in [1.82, 2.24) is 5.32 Å². The summed E-state index contributed by atoms with van der Waals surface area (Å²) in [6, 6.07) is 7.89. The molecule has 1 aliphatic carbocycles. The number of nitrogens with two attached hydrogens (primary N) is 1.